The highest BCUT2D eigenvalue weighted by Crippen LogP contribution is 2.26. The fourth-order valence-corrected chi connectivity index (χ4v) is 3.08. The van der Waals surface area contributed by atoms with Gasteiger partial charge in [0, 0.05) is 33.4 Å². The van der Waals surface area contributed by atoms with Gasteiger partial charge in [0.15, 0.2) is 0 Å². The molecule has 2 unspecified atom stereocenters. The zero-order valence-electron chi connectivity index (χ0n) is 16.0. The van der Waals surface area contributed by atoms with Gasteiger partial charge in [-0.1, -0.05) is 12.1 Å². The summed E-state index contributed by atoms with van der Waals surface area (Å²) in [6, 6.07) is 7.22. The molecule has 3 amide bonds. The second-order valence-corrected chi connectivity index (χ2v) is 7.15. The molecule has 0 aromatic heterocycles. The maximum atomic E-state index is 12.6. The zero-order valence-corrected chi connectivity index (χ0v) is 16.0. The molecule has 7 heteroatoms. The van der Waals surface area contributed by atoms with Crippen LogP contribution >= 0.6 is 0 Å². The summed E-state index contributed by atoms with van der Waals surface area (Å²) in [5.74, 6) is -0.143. The van der Waals surface area contributed by atoms with Crippen LogP contribution in [0.25, 0.3) is 0 Å². The van der Waals surface area contributed by atoms with Crippen molar-refractivity contribution in [2.75, 3.05) is 39.6 Å². The van der Waals surface area contributed by atoms with Crippen molar-refractivity contribution in [3.63, 3.8) is 0 Å². The Hall–Kier alpha value is -2.12. The molecule has 0 saturated carbocycles. The number of β-amino-alcohol motifs (C(OH)–C–C–N with tert-alkyl or cyclic N) is 1. The minimum Gasteiger partial charge on any atom is -0.387 e. The van der Waals surface area contributed by atoms with Crippen LogP contribution in [0.5, 0.6) is 0 Å². The molecular weight excluding hydrogens is 334 g/mol. The lowest BCUT2D eigenvalue weighted by atomic mass is 9.89. The van der Waals surface area contributed by atoms with E-state index in [1.165, 1.54) is 4.90 Å². The molecule has 1 saturated heterocycles. The largest absolute Gasteiger partial charge is 0.387 e. The van der Waals surface area contributed by atoms with Crippen LogP contribution in [0.1, 0.15) is 37.9 Å². The Bertz CT molecular complexity index is 649. The minimum absolute atomic E-state index is 0.0185. The van der Waals surface area contributed by atoms with E-state index in [2.05, 4.69) is 5.32 Å². The van der Waals surface area contributed by atoms with Crippen molar-refractivity contribution in [2.45, 2.75) is 37.9 Å². The number of ether oxygens (including phenoxy) is 1. The van der Waals surface area contributed by atoms with E-state index in [1.807, 2.05) is 31.2 Å². The van der Waals surface area contributed by atoms with Crippen LogP contribution in [0.3, 0.4) is 0 Å². The van der Waals surface area contributed by atoms with Gasteiger partial charge in [0.2, 0.25) is 5.91 Å². The molecule has 1 fully saturated rings. The highest BCUT2D eigenvalue weighted by molar-refractivity contribution is 5.89. The number of anilines is 1. The van der Waals surface area contributed by atoms with Crippen molar-refractivity contribution in [1.29, 1.82) is 0 Å². The molecule has 1 aliphatic heterocycles. The Morgan fingerprint density at radius 3 is 2.81 bits per heavy atom. The molecule has 1 aromatic carbocycles. The van der Waals surface area contributed by atoms with Gasteiger partial charge in [-0.05, 0) is 37.5 Å². The average molecular weight is 363 g/mol. The van der Waals surface area contributed by atoms with Crippen LogP contribution in [-0.4, -0.2) is 66.7 Å². The Kier molecular flexibility index (Phi) is 6.61. The molecule has 1 heterocycles. The number of benzene rings is 1. The number of aliphatic hydroxyl groups is 1. The van der Waals surface area contributed by atoms with Gasteiger partial charge in [-0.2, -0.15) is 0 Å². The third-order valence-electron chi connectivity index (χ3n) is 4.78. The van der Waals surface area contributed by atoms with Crippen molar-refractivity contribution < 1.29 is 19.4 Å². The predicted molar refractivity (Wildman–Crippen MR) is 100.0 cm³/mol. The van der Waals surface area contributed by atoms with Gasteiger partial charge in [0.1, 0.15) is 0 Å². The van der Waals surface area contributed by atoms with Gasteiger partial charge >= 0.3 is 6.03 Å². The molecular formula is C19H29N3O4. The van der Waals surface area contributed by atoms with E-state index in [-0.39, 0.29) is 31.0 Å². The van der Waals surface area contributed by atoms with E-state index in [0.29, 0.717) is 25.1 Å². The summed E-state index contributed by atoms with van der Waals surface area (Å²) in [6.07, 6.45) is 1.12. The number of nitrogens with zero attached hydrogens (tertiary/aromatic N) is 2. The summed E-state index contributed by atoms with van der Waals surface area (Å²) in [5.41, 5.74) is 0.468. The van der Waals surface area contributed by atoms with Gasteiger partial charge < -0.3 is 25.0 Å². The van der Waals surface area contributed by atoms with Crippen LogP contribution in [0.15, 0.2) is 24.3 Å². The number of hydrogen-bond acceptors (Lipinski definition) is 4. The lowest BCUT2D eigenvalue weighted by Crippen LogP contribution is -2.53. The predicted octanol–water partition coefficient (Wildman–Crippen LogP) is 2.23. The van der Waals surface area contributed by atoms with Crippen molar-refractivity contribution in [3.8, 4) is 0 Å². The second kappa shape index (κ2) is 8.51. The topological polar surface area (TPSA) is 82.1 Å². The first-order valence-corrected chi connectivity index (χ1v) is 8.85. The van der Waals surface area contributed by atoms with Crippen LogP contribution in [-0.2, 0) is 9.53 Å². The molecule has 26 heavy (non-hydrogen) atoms. The molecule has 144 valence electrons. The number of amides is 3. The first kappa shape index (κ1) is 20.2. The Morgan fingerprint density at radius 2 is 2.15 bits per heavy atom. The molecule has 1 aliphatic rings. The van der Waals surface area contributed by atoms with Crippen molar-refractivity contribution in [1.82, 2.24) is 9.80 Å². The lowest BCUT2D eigenvalue weighted by molar-refractivity contribution is -0.135. The van der Waals surface area contributed by atoms with Gasteiger partial charge in [-0.3, -0.25) is 4.79 Å². The third-order valence-corrected chi connectivity index (χ3v) is 4.78. The number of piperidine rings is 1. The van der Waals surface area contributed by atoms with Crippen LogP contribution in [0.4, 0.5) is 10.5 Å². The molecule has 2 N–H and O–H groups in total. The van der Waals surface area contributed by atoms with Crippen LogP contribution < -0.4 is 5.32 Å². The summed E-state index contributed by atoms with van der Waals surface area (Å²) in [7, 11) is 4.96. The molecule has 7 nitrogen and oxygen atoms in total. The number of hydrogen-bond donors (Lipinski definition) is 2. The third kappa shape index (κ3) is 5.19. The standard InChI is InChI=1S/C19H29N3O4/c1-14(26-4)15-7-5-8-16(11-15)20-18(24)22-10-6-9-19(25,13-22)12-17(23)21(2)3/h5,7-8,11,14,25H,6,9-10,12-13H2,1-4H3,(H,20,24). The minimum atomic E-state index is -1.18. The normalized spacial score (nSPS) is 21.2. The van der Waals surface area contributed by atoms with E-state index < -0.39 is 5.60 Å². The number of methoxy groups -OCH3 is 1. The number of carbonyl (C=O) groups excluding carboxylic acids is 2. The maximum Gasteiger partial charge on any atom is 0.321 e. The number of likely N-dealkylation sites (tertiary alicyclic amines) is 1. The number of carbonyl (C=O) groups is 2. The monoisotopic (exact) mass is 363 g/mol. The quantitative estimate of drug-likeness (QED) is 0.840. The molecule has 0 aliphatic carbocycles. The highest BCUT2D eigenvalue weighted by Gasteiger charge is 2.37. The van der Waals surface area contributed by atoms with Gasteiger partial charge in [-0.25, -0.2) is 4.79 Å². The molecule has 1 aromatic rings. The van der Waals surface area contributed by atoms with Crippen LogP contribution in [0, 0.1) is 0 Å². The lowest BCUT2D eigenvalue weighted by Gasteiger charge is -2.39. The van der Waals surface area contributed by atoms with E-state index in [9.17, 15) is 14.7 Å². The fraction of sp³-hybridized carbons (Fsp3) is 0.579. The van der Waals surface area contributed by atoms with Gasteiger partial charge in [0.25, 0.3) is 0 Å². The molecule has 0 bridgehead atoms. The number of nitrogens with one attached hydrogen (secondary N) is 1. The number of urea groups is 1. The summed E-state index contributed by atoms with van der Waals surface area (Å²) in [4.78, 5) is 27.6. The van der Waals surface area contributed by atoms with E-state index in [0.717, 1.165) is 5.56 Å². The molecule has 2 rings (SSSR count). The SMILES string of the molecule is COC(C)c1cccc(NC(=O)N2CCCC(O)(CC(=O)N(C)C)C2)c1. The second-order valence-electron chi connectivity index (χ2n) is 7.15. The zero-order chi connectivity index (χ0) is 19.3. The Morgan fingerprint density at radius 1 is 1.42 bits per heavy atom. The summed E-state index contributed by atoms with van der Waals surface area (Å²) in [6.45, 7) is 2.64. The van der Waals surface area contributed by atoms with Gasteiger partial charge in [-0.15, -0.1) is 0 Å². The highest BCUT2D eigenvalue weighted by atomic mass is 16.5. The molecule has 2 atom stereocenters. The van der Waals surface area contributed by atoms with Crippen molar-refractivity contribution >= 4 is 17.6 Å². The maximum absolute atomic E-state index is 12.6. The summed E-state index contributed by atoms with van der Waals surface area (Å²) in [5, 5.41) is 13.6. The smallest absolute Gasteiger partial charge is 0.321 e. The van der Waals surface area contributed by atoms with Crippen molar-refractivity contribution in [3.05, 3.63) is 29.8 Å². The number of rotatable bonds is 5. The average Bonchev–Trinajstić information content (AvgIpc) is 2.60. The first-order chi connectivity index (χ1) is 12.2. The van der Waals surface area contributed by atoms with E-state index in [4.69, 9.17) is 4.74 Å². The molecule has 0 radical (unpaired) electrons. The summed E-state index contributed by atoms with van der Waals surface area (Å²) >= 11 is 0. The first-order valence-electron chi connectivity index (χ1n) is 8.85. The van der Waals surface area contributed by atoms with Crippen molar-refractivity contribution in [2.24, 2.45) is 0 Å². The Labute approximate surface area is 154 Å². The van der Waals surface area contributed by atoms with E-state index in [1.54, 1.807) is 26.1 Å². The van der Waals surface area contributed by atoms with E-state index >= 15 is 0 Å². The van der Waals surface area contributed by atoms with Crippen LogP contribution in [0.2, 0.25) is 0 Å². The fourth-order valence-electron chi connectivity index (χ4n) is 3.08. The van der Waals surface area contributed by atoms with Gasteiger partial charge in [0.05, 0.1) is 24.7 Å². The summed E-state index contributed by atoms with van der Waals surface area (Å²) < 4.78 is 5.30. The Balaban J connectivity index is 2.02. The molecule has 0 spiro atoms.